The molecule has 1 rings (SSSR count). The van der Waals surface area contributed by atoms with Gasteiger partial charge in [0.2, 0.25) is 5.91 Å². The molecule has 1 amide bonds. The summed E-state index contributed by atoms with van der Waals surface area (Å²) in [5, 5.41) is 2.81. The fourth-order valence-corrected chi connectivity index (χ4v) is 1.45. The van der Waals surface area contributed by atoms with Crippen LogP contribution in [-0.4, -0.2) is 18.6 Å². The fourth-order valence-electron chi connectivity index (χ4n) is 1.45. The maximum Gasteiger partial charge on any atom is 0.241 e. The summed E-state index contributed by atoms with van der Waals surface area (Å²) in [5.41, 5.74) is 6.51. The van der Waals surface area contributed by atoms with Gasteiger partial charge in [-0.05, 0) is 24.0 Å². The Hall–Kier alpha value is -1.26. The Morgan fingerprint density at radius 3 is 2.50 bits per heavy atom. The highest BCUT2D eigenvalue weighted by atomic mass is 35.5. The number of nitrogens with one attached hydrogen (secondary N) is 1. The van der Waals surface area contributed by atoms with Crippen molar-refractivity contribution in [3.8, 4) is 5.75 Å². The van der Waals surface area contributed by atoms with Crippen LogP contribution in [-0.2, 0) is 4.79 Å². The van der Waals surface area contributed by atoms with Gasteiger partial charge in [-0.1, -0.05) is 33.8 Å². The zero-order valence-corrected chi connectivity index (χ0v) is 13.4. The van der Waals surface area contributed by atoms with E-state index in [2.05, 4.69) is 19.2 Å². The number of nitrogens with two attached hydrogens (primary N) is 1. The molecule has 5 heteroatoms. The molecule has 20 heavy (non-hydrogen) atoms. The van der Waals surface area contributed by atoms with Gasteiger partial charge in [0, 0.05) is 11.8 Å². The van der Waals surface area contributed by atoms with E-state index < -0.39 is 6.04 Å². The first-order chi connectivity index (χ1) is 8.90. The highest BCUT2D eigenvalue weighted by molar-refractivity contribution is 5.94. The van der Waals surface area contributed by atoms with E-state index in [1.807, 2.05) is 38.1 Å². The lowest BCUT2D eigenvalue weighted by Crippen LogP contribution is -2.39. The molecule has 0 aliphatic heterocycles. The van der Waals surface area contributed by atoms with E-state index in [4.69, 9.17) is 10.5 Å². The van der Waals surface area contributed by atoms with Crippen molar-refractivity contribution in [2.24, 2.45) is 17.6 Å². The highest BCUT2D eigenvalue weighted by Gasteiger charge is 2.17. The number of hydrogen-bond acceptors (Lipinski definition) is 3. The van der Waals surface area contributed by atoms with Crippen molar-refractivity contribution in [3.05, 3.63) is 24.3 Å². The molecule has 1 unspecified atom stereocenters. The van der Waals surface area contributed by atoms with Gasteiger partial charge < -0.3 is 15.8 Å². The molecule has 0 radical (unpaired) electrons. The number of halogens is 1. The Morgan fingerprint density at radius 2 is 1.95 bits per heavy atom. The molecule has 1 atom stereocenters. The quantitative estimate of drug-likeness (QED) is 0.848. The van der Waals surface area contributed by atoms with Gasteiger partial charge in [-0.3, -0.25) is 4.79 Å². The van der Waals surface area contributed by atoms with E-state index in [1.54, 1.807) is 0 Å². The number of benzene rings is 1. The summed E-state index contributed by atoms with van der Waals surface area (Å²) in [4.78, 5) is 11.9. The van der Waals surface area contributed by atoms with E-state index in [0.29, 0.717) is 18.2 Å². The van der Waals surface area contributed by atoms with Crippen molar-refractivity contribution in [2.45, 2.75) is 33.7 Å². The summed E-state index contributed by atoms with van der Waals surface area (Å²) in [5.74, 6) is 1.16. The van der Waals surface area contributed by atoms with Crippen LogP contribution >= 0.6 is 12.4 Å². The first kappa shape index (κ1) is 18.7. The van der Waals surface area contributed by atoms with Crippen LogP contribution in [0.5, 0.6) is 5.75 Å². The van der Waals surface area contributed by atoms with Crippen LogP contribution in [0.25, 0.3) is 0 Å². The minimum atomic E-state index is -0.500. The largest absolute Gasteiger partial charge is 0.493 e. The minimum absolute atomic E-state index is 0. The predicted octanol–water partition coefficient (Wildman–Crippen LogP) is 3.07. The Labute approximate surface area is 127 Å². The van der Waals surface area contributed by atoms with Crippen molar-refractivity contribution < 1.29 is 9.53 Å². The molecule has 0 bridgehead atoms. The summed E-state index contributed by atoms with van der Waals surface area (Å²) in [7, 11) is 0. The average molecular weight is 301 g/mol. The Balaban J connectivity index is 0.00000361. The third-order valence-corrected chi connectivity index (χ3v) is 2.71. The summed E-state index contributed by atoms with van der Waals surface area (Å²) in [6.07, 6.45) is 0. The second-order valence-corrected chi connectivity index (χ2v) is 5.49. The molecule has 0 saturated carbocycles. The Morgan fingerprint density at radius 1 is 1.30 bits per heavy atom. The lowest BCUT2D eigenvalue weighted by molar-refractivity contribution is -0.118. The molecule has 1 aromatic rings. The number of rotatable bonds is 6. The van der Waals surface area contributed by atoms with Gasteiger partial charge in [0.25, 0.3) is 0 Å². The number of amides is 1. The molecule has 0 aromatic heterocycles. The number of hydrogen-bond donors (Lipinski definition) is 2. The zero-order valence-electron chi connectivity index (χ0n) is 12.6. The molecule has 114 valence electrons. The molecular weight excluding hydrogens is 276 g/mol. The lowest BCUT2D eigenvalue weighted by Gasteiger charge is -2.16. The smallest absolute Gasteiger partial charge is 0.241 e. The standard InChI is InChI=1S/C15H24N2O2.ClH/c1-10(2)9-19-13-7-5-6-12(8-13)17-15(18)14(16)11(3)4;/h5-8,10-11,14H,9,16H2,1-4H3,(H,17,18);1H. The number of anilines is 1. The highest BCUT2D eigenvalue weighted by Crippen LogP contribution is 2.18. The van der Waals surface area contributed by atoms with E-state index in [1.165, 1.54) is 0 Å². The Bertz CT molecular complexity index is 422. The van der Waals surface area contributed by atoms with Crippen molar-refractivity contribution in [3.63, 3.8) is 0 Å². The van der Waals surface area contributed by atoms with Crippen LogP contribution in [0.3, 0.4) is 0 Å². The van der Waals surface area contributed by atoms with Crippen molar-refractivity contribution in [1.29, 1.82) is 0 Å². The van der Waals surface area contributed by atoms with Crippen LogP contribution in [0.4, 0.5) is 5.69 Å². The summed E-state index contributed by atoms with van der Waals surface area (Å²) >= 11 is 0. The average Bonchev–Trinajstić information content (AvgIpc) is 2.35. The Kier molecular flexibility index (Phi) is 8.26. The fraction of sp³-hybridized carbons (Fsp3) is 0.533. The van der Waals surface area contributed by atoms with Crippen molar-refractivity contribution in [1.82, 2.24) is 0 Å². The third kappa shape index (κ3) is 6.26. The maximum absolute atomic E-state index is 11.9. The molecule has 3 N–H and O–H groups in total. The van der Waals surface area contributed by atoms with Crippen molar-refractivity contribution in [2.75, 3.05) is 11.9 Å². The van der Waals surface area contributed by atoms with Crippen LogP contribution < -0.4 is 15.8 Å². The molecule has 0 fully saturated rings. The van der Waals surface area contributed by atoms with E-state index >= 15 is 0 Å². The summed E-state index contributed by atoms with van der Waals surface area (Å²) in [6, 6.07) is 6.87. The van der Waals surface area contributed by atoms with Crippen LogP contribution in [0.1, 0.15) is 27.7 Å². The number of carbonyl (C=O) groups excluding carboxylic acids is 1. The number of ether oxygens (including phenoxy) is 1. The molecule has 1 aromatic carbocycles. The van der Waals surface area contributed by atoms with E-state index in [0.717, 1.165) is 5.75 Å². The number of carbonyl (C=O) groups is 1. The third-order valence-electron chi connectivity index (χ3n) is 2.71. The topological polar surface area (TPSA) is 64.3 Å². The SMILES string of the molecule is CC(C)COc1cccc(NC(=O)C(N)C(C)C)c1.Cl. The normalized spacial score (nSPS) is 11.9. The molecule has 0 saturated heterocycles. The van der Waals surface area contributed by atoms with Gasteiger partial charge in [-0.25, -0.2) is 0 Å². The van der Waals surface area contributed by atoms with Gasteiger partial charge in [0.15, 0.2) is 0 Å². The summed E-state index contributed by atoms with van der Waals surface area (Å²) < 4.78 is 5.62. The van der Waals surface area contributed by atoms with E-state index in [9.17, 15) is 4.79 Å². The molecule has 0 aliphatic carbocycles. The first-order valence-corrected chi connectivity index (χ1v) is 6.69. The molecule has 0 heterocycles. The van der Waals surface area contributed by atoms with Crippen LogP contribution in [0.15, 0.2) is 24.3 Å². The monoisotopic (exact) mass is 300 g/mol. The molecular formula is C15H25ClN2O2. The van der Waals surface area contributed by atoms with Gasteiger partial charge in [-0.15, -0.1) is 12.4 Å². The van der Waals surface area contributed by atoms with Gasteiger partial charge >= 0.3 is 0 Å². The first-order valence-electron chi connectivity index (χ1n) is 6.69. The molecule has 0 spiro atoms. The second-order valence-electron chi connectivity index (χ2n) is 5.49. The maximum atomic E-state index is 11.9. The molecule has 0 aliphatic rings. The van der Waals surface area contributed by atoms with Crippen LogP contribution in [0, 0.1) is 11.8 Å². The molecule has 4 nitrogen and oxygen atoms in total. The van der Waals surface area contributed by atoms with Crippen LogP contribution in [0.2, 0.25) is 0 Å². The minimum Gasteiger partial charge on any atom is -0.493 e. The van der Waals surface area contributed by atoms with Crippen molar-refractivity contribution >= 4 is 24.0 Å². The van der Waals surface area contributed by atoms with E-state index in [-0.39, 0.29) is 24.2 Å². The predicted molar refractivity (Wildman–Crippen MR) is 85.5 cm³/mol. The van der Waals surface area contributed by atoms with Gasteiger partial charge in [0.05, 0.1) is 12.6 Å². The zero-order chi connectivity index (χ0) is 14.4. The lowest BCUT2D eigenvalue weighted by atomic mass is 10.0. The summed E-state index contributed by atoms with van der Waals surface area (Å²) in [6.45, 7) is 8.68. The second kappa shape index (κ2) is 8.82. The van der Waals surface area contributed by atoms with Gasteiger partial charge in [0.1, 0.15) is 5.75 Å². The van der Waals surface area contributed by atoms with Gasteiger partial charge in [-0.2, -0.15) is 0 Å².